The van der Waals surface area contributed by atoms with E-state index in [1.807, 2.05) is 46.2 Å². The Morgan fingerprint density at radius 3 is 2.65 bits per heavy atom. The molecule has 7 rings (SSSR count). The molecule has 2 fully saturated rings. The molecule has 3 N–H and O–H groups in total. The van der Waals surface area contributed by atoms with Crippen molar-refractivity contribution in [2.45, 2.75) is 6.42 Å². The van der Waals surface area contributed by atoms with Gasteiger partial charge in [0, 0.05) is 78.1 Å². The first-order valence-electron chi connectivity index (χ1n) is 14.6. The lowest BCUT2D eigenvalue weighted by atomic mass is 10.1. The van der Waals surface area contributed by atoms with E-state index in [1.165, 1.54) is 0 Å². The number of fused-ring (bicyclic) bond motifs is 2. The summed E-state index contributed by atoms with van der Waals surface area (Å²) in [6, 6.07) is 11.5. The molecule has 4 aromatic heterocycles. The van der Waals surface area contributed by atoms with Gasteiger partial charge >= 0.3 is 6.03 Å². The van der Waals surface area contributed by atoms with Gasteiger partial charge in [-0.3, -0.25) is 14.9 Å². The second-order valence-electron chi connectivity index (χ2n) is 11.1. The number of hydrogen-bond donors (Lipinski definition) is 3. The number of nitrogens with one attached hydrogen (secondary N) is 3. The van der Waals surface area contributed by atoms with Crippen LogP contribution in [0.25, 0.3) is 44.5 Å². The minimum absolute atomic E-state index is 0.000484. The number of aromatic amines is 2. The summed E-state index contributed by atoms with van der Waals surface area (Å²) in [7, 11) is 2.08. The molecule has 0 saturated carbocycles. The van der Waals surface area contributed by atoms with Gasteiger partial charge in [-0.1, -0.05) is 6.07 Å². The van der Waals surface area contributed by atoms with Gasteiger partial charge in [0.25, 0.3) is 5.91 Å². The summed E-state index contributed by atoms with van der Waals surface area (Å²) >= 11 is 0. The Morgan fingerprint density at radius 2 is 1.77 bits per heavy atom. The molecular weight excluding hydrogens is 546 g/mol. The lowest BCUT2D eigenvalue weighted by molar-refractivity contribution is 0.0304. The Labute approximate surface area is 248 Å². The SMILES string of the molecule is CN1CCCN(C(=O)Nc2cncc(-c3cnc4n[nH]c(-c5cc6c(C(=O)N7CCOCC7)cccc6[nH]5)c4c3)c2)CC1. The zero-order chi connectivity index (χ0) is 29.3. The van der Waals surface area contributed by atoms with Crippen LogP contribution in [0.5, 0.6) is 0 Å². The molecule has 2 aliphatic heterocycles. The maximum Gasteiger partial charge on any atom is 0.321 e. The van der Waals surface area contributed by atoms with Gasteiger partial charge in [0.1, 0.15) is 0 Å². The zero-order valence-electron chi connectivity index (χ0n) is 24.0. The number of rotatable bonds is 4. The first-order valence-corrected chi connectivity index (χ1v) is 14.6. The lowest BCUT2D eigenvalue weighted by Gasteiger charge is -2.27. The van der Waals surface area contributed by atoms with Crippen molar-refractivity contribution in [3.8, 4) is 22.5 Å². The highest BCUT2D eigenvalue weighted by Crippen LogP contribution is 2.32. The number of nitrogens with zero attached hydrogens (tertiary/aromatic N) is 6. The molecule has 0 spiro atoms. The largest absolute Gasteiger partial charge is 0.378 e. The van der Waals surface area contributed by atoms with E-state index in [0.717, 1.165) is 64.9 Å². The number of hydrogen-bond acceptors (Lipinski definition) is 7. The predicted molar refractivity (Wildman–Crippen MR) is 164 cm³/mol. The molecule has 12 nitrogen and oxygen atoms in total. The normalized spacial score (nSPS) is 16.5. The third-order valence-corrected chi connectivity index (χ3v) is 8.20. The van der Waals surface area contributed by atoms with Crippen molar-refractivity contribution in [3.63, 3.8) is 0 Å². The molecule has 43 heavy (non-hydrogen) atoms. The number of anilines is 1. The highest BCUT2D eigenvalue weighted by Gasteiger charge is 2.22. The molecule has 5 aromatic rings. The number of aromatic nitrogens is 5. The van der Waals surface area contributed by atoms with Gasteiger partial charge < -0.3 is 29.7 Å². The number of carbonyl (C=O) groups excluding carboxylic acids is 2. The monoisotopic (exact) mass is 579 g/mol. The summed E-state index contributed by atoms with van der Waals surface area (Å²) in [5.74, 6) is 0.000484. The van der Waals surface area contributed by atoms with Crippen LogP contribution >= 0.6 is 0 Å². The van der Waals surface area contributed by atoms with E-state index in [1.54, 1.807) is 18.6 Å². The average Bonchev–Trinajstić information content (AvgIpc) is 3.60. The van der Waals surface area contributed by atoms with Gasteiger partial charge in [-0.25, -0.2) is 9.78 Å². The van der Waals surface area contributed by atoms with Crippen molar-refractivity contribution in [1.29, 1.82) is 0 Å². The smallest absolute Gasteiger partial charge is 0.321 e. The Bertz CT molecular complexity index is 1810. The zero-order valence-corrected chi connectivity index (χ0v) is 24.0. The molecule has 0 bridgehead atoms. The van der Waals surface area contributed by atoms with Gasteiger partial charge in [-0.15, -0.1) is 0 Å². The molecule has 0 atom stereocenters. The van der Waals surface area contributed by atoms with E-state index in [2.05, 4.69) is 42.4 Å². The van der Waals surface area contributed by atoms with E-state index < -0.39 is 0 Å². The maximum atomic E-state index is 13.3. The fourth-order valence-electron chi connectivity index (χ4n) is 5.79. The summed E-state index contributed by atoms with van der Waals surface area (Å²) in [4.78, 5) is 44.6. The van der Waals surface area contributed by atoms with Crippen LogP contribution in [-0.2, 0) is 4.74 Å². The van der Waals surface area contributed by atoms with E-state index in [4.69, 9.17) is 4.74 Å². The minimum atomic E-state index is -0.120. The van der Waals surface area contributed by atoms with Crippen LogP contribution in [0.4, 0.5) is 10.5 Å². The molecule has 12 heteroatoms. The highest BCUT2D eigenvalue weighted by atomic mass is 16.5. The Kier molecular flexibility index (Phi) is 7.21. The van der Waals surface area contributed by atoms with Gasteiger partial charge in [0.05, 0.1) is 36.5 Å². The Balaban J connectivity index is 1.17. The number of pyridine rings is 2. The minimum Gasteiger partial charge on any atom is -0.378 e. The van der Waals surface area contributed by atoms with Crippen LogP contribution in [-0.4, -0.2) is 111 Å². The first kappa shape index (κ1) is 27.0. The van der Waals surface area contributed by atoms with Crippen LogP contribution < -0.4 is 5.32 Å². The van der Waals surface area contributed by atoms with Gasteiger partial charge in [0.2, 0.25) is 0 Å². The quantitative estimate of drug-likeness (QED) is 0.295. The molecule has 6 heterocycles. The molecule has 0 aliphatic carbocycles. The molecule has 1 aromatic carbocycles. The van der Waals surface area contributed by atoms with E-state index in [0.29, 0.717) is 49.7 Å². The van der Waals surface area contributed by atoms with Crippen molar-refractivity contribution in [3.05, 3.63) is 60.6 Å². The van der Waals surface area contributed by atoms with Crippen LogP contribution in [0.3, 0.4) is 0 Å². The standard InChI is InChI=1S/C31H33N9O3/c1-38-6-3-7-40(9-8-38)31(42)34-22-14-20(17-32-19-22)21-15-25-28(36-37-29(25)33-18-21)27-16-24-23(4-2-5-26(24)35-27)30(41)39-10-12-43-13-11-39/h2,4-5,14-19,35H,3,6-13H2,1H3,(H,34,42)(H,33,36,37). The fourth-order valence-corrected chi connectivity index (χ4v) is 5.79. The molecule has 220 valence electrons. The number of H-pyrrole nitrogens is 2. The number of benzene rings is 1. The van der Waals surface area contributed by atoms with Crippen LogP contribution in [0.1, 0.15) is 16.8 Å². The number of ether oxygens (including phenoxy) is 1. The summed E-state index contributed by atoms with van der Waals surface area (Å²) < 4.78 is 5.42. The number of likely N-dealkylation sites (N-methyl/N-ethyl adjacent to an activating group) is 1. The molecule has 0 unspecified atom stereocenters. The third-order valence-electron chi connectivity index (χ3n) is 8.20. The number of amides is 3. The topological polar surface area (TPSA) is 135 Å². The van der Waals surface area contributed by atoms with Gasteiger partial charge in [0.15, 0.2) is 5.65 Å². The van der Waals surface area contributed by atoms with E-state index >= 15 is 0 Å². The van der Waals surface area contributed by atoms with Gasteiger partial charge in [-0.2, -0.15) is 5.10 Å². The van der Waals surface area contributed by atoms with Crippen molar-refractivity contribution in [1.82, 2.24) is 39.8 Å². The number of urea groups is 1. The fraction of sp³-hybridized carbons (Fsp3) is 0.323. The van der Waals surface area contributed by atoms with Crippen molar-refractivity contribution in [2.75, 3.05) is 64.8 Å². The highest BCUT2D eigenvalue weighted by molar-refractivity contribution is 6.08. The average molecular weight is 580 g/mol. The second-order valence-corrected chi connectivity index (χ2v) is 11.1. The second kappa shape index (κ2) is 11.5. The molecule has 0 radical (unpaired) electrons. The Hall–Kier alpha value is -4.81. The van der Waals surface area contributed by atoms with Crippen molar-refractivity contribution in [2.24, 2.45) is 0 Å². The van der Waals surface area contributed by atoms with Crippen LogP contribution in [0.15, 0.2) is 55.0 Å². The molecule has 2 saturated heterocycles. The lowest BCUT2D eigenvalue weighted by Crippen LogP contribution is -2.40. The summed E-state index contributed by atoms with van der Waals surface area (Å²) in [6.45, 7) is 5.53. The van der Waals surface area contributed by atoms with E-state index in [-0.39, 0.29) is 11.9 Å². The van der Waals surface area contributed by atoms with Crippen molar-refractivity contribution < 1.29 is 14.3 Å². The van der Waals surface area contributed by atoms with Crippen molar-refractivity contribution >= 4 is 39.6 Å². The summed E-state index contributed by atoms with van der Waals surface area (Å²) in [5, 5.41) is 12.2. The maximum absolute atomic E-state index is 13.3. The first-order chi connectivity index (χ1) is 21.0. The van der Waals surface area contributed by atoms with E-state index in [9.17, 15) is 9.59 Å². The van der Waals surface area contributed by atoms with Crippen LogP contribution in [0, 0.1) is 0 Å². The predicted octanol–water partition coefficient (Wildman–Crippen LogP) is 3.81. The molecule has 2 aliphatic rings. The summed E-state index contributed by atoms with van der Waals surface area (Å²) in [6.07, 6.45) is 6.11. The van der Waals surface area contributed by atoms with Gasteiger partial charge in [-0.05, 0) is 50.3 Å². The summed E-state index contributed by atoms with van der Waals surface area (Å²) in [5.41, 5.74) is 5.96. The number of carbonyl (C=O) groups is 2. The molecule has 3 amide bonds. The van der Waals surface area contributed by atoms with Crippen LogP contribution in [0.2, 0.25) is 0 Å². The molecular formula is C31H33N9O3. The number of morpholine rings is 1. The Morgan fingerprint density at radius 1 is 0.907 bits per heavy atom. The third kappa shape index (κ3) is 5.42.